The van der Waals surface area contributed by atoms with E-state index in [-0.39, 0.29) is 0 Å². The average Bonchev–Trinajstić information content (AvgIpc) is 2.02. The van der Waals surface area contributed by atoms with Crippen LogP contribution in [0.2, 0.25) is 0 Å². The SMILES string of the molecule is COC(=C(C)C#N)C(F)(F)C(F)(F)F. The van der Waals surface area contributed by atoms with Crippen LogP contribution in [0.1, 0.15) is 6.92 Å². The van der Waals surface area contributed by atoms with Crippen LogP contribution < -0.4 is 0 Å². The summed E-state index contributed by atoms with van der Waals surface area (Å²) in [6, 6.07) is 1.17. The van der Waals surface area contributed by atoms with Gasteiger partial charge in [0.1, 0.15) is 0 Å². The molecule has 7 heteroatoms. The second-order valence-electron chi connectivity index (χ2n) is 2.34. The zero-order valence-corrected chi connectivity index (χ0v) is 7.25. The van der Waals surface area contributed by atoms with Gasteiger partial charge in [0.05, 0.1) is 18.8 Å². The molecule has 0 N–H and O–H groups in total. The second kappa shape index (κ2) is 3.82. The van der Waals surface area contributed by atoms with E-state index in [9.17, 15) is 22.0 Å². The molecule has 80 valence electrons. The molecule has 0 aromatic carbocycles. The van der Waals surface area contributed by atoms with Crippen LogP contribution in [-0.2, 0) is 4.74 Å². The lowest BCUT2D eigenvalue weighted by molar-refractivity contribution is -0.276. The van der Waals surface area contributed by atoms with Gasteiger partial charge in [-0.1, -0.05) is 0 Å². The van der Waals surface area contributed by atoms with Gasteiger partial charge in [-0.25, -0.2) is 0 Å². The summed E-state index contributed by atoms with van der Waals surface area (Å²) in [7, 11) is 0.649. The standard InChI is InChI=1S/C7H6F5NO/c1-4(3-13)5(14-2)6(8,9)7(10,11)12/h1-2H3. The fraction of sp³-hybridized carbons (Fsp3) is 0.571. The third kappa shape index (κ3) is 2.13. The van der Waals surface area contributed by atoms with Gasteiger partial charge in [0, 0.05) is 0 Å². The quantitative estimate of drug-likeness (QED) is 0.403. The van der Waals surface area contributed by atoms with Crippen LogP contribution >= 0.6 is 0 Å². The molecule has 0 rings (SSSR count). The Hall–Kier alpha value is -1.32. The van der Waals surface area contributed by atoms with E-state index in [4.69, 9.17) is 5.26 Å². The van der Waals surface area contributed by atoms with E-state index >= 15 is 0 Å². The number of methoxy groups -OCH3 is 1. The average molecular weight is 215 g/mol. The van der Waals surface area contributed by atoms with E-state index < -0.39 is 23.4 Å². The van der Waals surface area contributed by atoms with Gasteiger partial charge in [-0.2, -0.15) is 27.2 Å². The van der Waals surface area contributed by atoms with E-state index in [0.29, 0.717) is 7.11 Å². The number of hydrogen-bond donors (Lipinski definition) is 0. The first-order valence-electron chi connectivity index (χ1n) is 3.28. The number of allylic oxidation sites excluding steroid dienone is 2. The fourth-order valence-corrected chi connectivity index (χ4v) is 0.696. The van der Waals surface area contributed by atoms with Crippen molar-refractivity contribution in [2.75, 3.05) is 7.11 Å². The lowest BCUT2D eigenvalue weighted by Crippen LogP contribution is -2.39. The van der Waals surface area contributed by atoms with E-state index in [0.717, 1.165) is 6.92 Å². The summed E-state index contributed by atoms with van der Waals surface area (Å²) < 4.78 is 64.4. The number of halogens is 5. The molecule has 0 atom stereocenters. The number of hydrogen-bond acceptors (Lipinski definition) is 2. The van der Waals surface area contributed by atoms with Crippen LogP contribution in [0.4, 0.5) is 22.0 Å². The third-order valence-corrected chi connectivity index (χ3v) is 1.35. The predicted molar refractivity (Wildman–Crippen MR) is 36.3 cm³/mol. The van der Waals surface area contributed by atoms with Crippen molar-refractivity contribution in [2.24, 2.45) is 0 Å². The van der Waals surface area contributed by atoms with Crippen molar-refractivity contribution in [1.82, 2.24) is 0 Å². The van der Waals surface area contributed by atoms with Crippen LogP contribution in [0, 0.1) is 11.3 Å². The predicted octanol–water partition coefficient (Wildman–Crippen LogP) is 2.63. The van der Waals surface area contributed by atoms with Gasteiger partial charge < -0.3 is 4.74 Å². The Morgan fingerprint density at radius 2 is 1.64 bits per heavy atom. The maximum absolute atomic E-state index is 12.6. The number of ether oxygens (including phenoxy) is 1. The molecule has 0 heterocycles. The van der Waals surface area contributed by atoms with Gasteiger partial charge in [0.2, 0.25) is 0 Å². The summed E-state index contributed by atoms with van der Waals surface area (Å²) in [6.07, 6.45) is -5.77. The highest BCUT2D eigenvalue weighted by molar-refractivity contribution is 5.27. The second-order valence-corrected chi connectivity index (χ2v) is 2.34. The van der Waals surface area contributed by atoms with Gasteiger partial charge in [0.25, 0.3) is 0 Å². The summed E-state index contributed by atoms with van der Waals surface area (Å²) in [6.45, 7) is 0.818. The van der Waals surface area contributed by atoms with Gasteiger partial charge in [-0.3, -0.25) is 0 Å². The molecule has 0 fully saturated rings. The normalized spacial score (nSPS) is 14.4. The largest absolute Gasteiger partial charge is 0.494 e. The Morgan fingerprint density at radius 1 is 1.21 bits per heavy atom. The van der Waals surface area contributed by atoms with Crippen molar-refractivity contribution in [3.63, 3.8) is 0 Å². The molecule has 0 radical (unpaired) electrons. The Labute approximate surface area is 76.6 Å². The minimum absolute atomic E-state index is 0.649. The van der Waals surface area contributed by atoms with Crippen molar-refractivity contribution in [3.8, 4) is 6.07 Å². The summed E-state index contributed by atoms with van der Waals surface area (Å²) >= 11 is 0. The fourth-order valence-electron chi connectivity index (χ4n) is 0.696. The summed E-state index contributed by atoms with van der Waals surface area (Å²) in [5.74, 6) is -6.81. The molecule has 0 aliphatic carbocycles. The topological polar surface area (TPSA) is 33.0 Å². The smallest absolute Gasteiger partial charge is 0.461 e. The lowest BCUT2D eigenvalue weighted by Gasteiger charge is -2.21. The molecule has 0 bridgehead atoms. The van der Waals surface area contributed by atoms with Crippen LogP contribution in [0.15, 0.2) is 11.3 Å². The van der Waals surface area contributed by atoms with Crippen LogP contribution in [0.25, 0.3) is 0 Å². The minimum atomic E-state index is -5.77. The van der Waals surface area contributed by atoms with Gasteiger partial charge in [-0.05, 0) is 6.92 Å². The molecule has 0 saturated carbocycles. The molecule has 0 unspecified atom stereocenters. The lowest BCUT2D eigenvalue weighted by atomic mass is 10.1. The zero-order chi connectivity index (χ0) is 11.6. The van der Waals surface area contributed by atoms with Gasteiger partial charge >= 0.3 is 12.1 Å². The molecule has 2 nitrogen and oxygen atoms in total. The maximum Gasteiger partial charge on any atom is 0.461 e. The van der Waals surface area contributed by atoms with Crippen LogP contribution in [0.3, 0.4) is 0 Å². The first-order valence-corrected chi connectivity index (χ1v) is 3.28. The Balaban J connectivity index is 5.39. The van der Waals surface area contributed by atoms with E-state index in [1.807, 2.05) is 0 Å². The van der Waals surface area contributed by atoms with Crippen LogP contribution in [0.5, 0.6) is 0 Å². The molecule has 0 aliphatic heterocycles. The highest BCUT2D eigenvalue weighted by Crippen LogP contribution is 2.42. The Bertz CT molecular complexity index is 285. The molecule has 0 spiro atoms. The Morgan fingerprint density at radius 3 is 1.86 bits per heavy atom. The zero-order valence-electron chi connectivity index (χ0n) is 7.25. The van der Waals surface area contributed by atoms with Gasteiger partial charge in [-0.15, -0.1) is 0 Å². The highest BCUT2D eigenvalue weighted by Gasteiger charge is 2.62. The number of alkyl halides is 5. The first kappa shape index (κ1) is 12.7. The monoisotopic (exact) mass is 215 g/mol. The summed E-state index contributed by atoms with van der Waals surface area (Å²) in [4.78, 5) is 0. The third-order valence-electron chi connectivity index (χ3n) is 1.35. The molecular formula is C7H6F5NO. The molecule has 0 aromatic rings. The maximum atomic E-state index is 12.6. The van der Waals surface area contributed by atoms with Crippen molar-refractivity contribution >= 4 is 0 Å². The van der Waals surface area contributed by atoms with Crippen molar-refractivity contribution in [1.29, 1.82) is 5.26 Å². The summed E-state index contributed by atoms with van der Waals surface area (Å²) in [5.41, 5.74) is -0.810. The molecule has 0 aliphatic rings. The molecule has 14 heavy (non-hydrogen) atoms. The highest BCUT2D eigenvalue weighted by atomic mass is 19.4. The molecular weight excluding hydrogens is 209 g/mol. The van der Waals surface area contributed by atoms with E-state index in [1.54, 1.807) is 0 Å². The van der Waals surface area contributed by atoms with E-state index in [2.05, 4.69) is 4.74 Å². The molecule has 0 aromatic heterocycles. The first-order chi connectivity index (χ1) is 6.18. The van der Waals surface area contributed by atoms with Crippen molar-refractivity contribution in [3.05, 3.63) is 11.3 Å². The molecule has 0 amide bonds. The van der Waals surface area contributed by atoms with Gasteiger partial charge in [0.15, 0.2) is 5.76 Å². The van der Waals surface area contributed by atoms with E-state index in [1.165, 1.54) is 6.07 Å². The number of nitriles is 1. The van der Waals surface area contributed by atoms with Crippen LogP contribution in [-0.4, -0.2) is 19.2 Å². The minimum Gasteiger partial charge on any atom is -0.494 e. The Kier molecular flexibility index (Phi) is 3.46. The number of rotatable bonds is 2. The number of nitrogens with zero attached hydrogens (tertiary/aromatic N) is 1. The molecule has 0 saturated heterocycles. The van der Waals surface area contributed by atoms with Crippen molar-refractivity contribution < 1.29 is 26.7 Å². The van der Waals surface area contributed by atoms with Crippen molar-refractivity contribution in [2.45, 2.75) is 19.0 Å². The summed E-state index contributed by atoms with van der Waals surface area (Å²) in [5, 5.41) is 8.18.